The number of hydrogen-bond donors (Lipinski definition) is 1. The van der Waals surface area contributed by atoms with Gasteiger partial charge in [-0.2, -0.15) is 0 Å². The molecule has 3 aliphatic rings. The molecule has 1 radical (unpaired) electrons. The van der Waals surface area contributed by atoms with Crippen LogP contribution in [0.25, 0.3) is 81.7 Å². The molecule has 5 heteroatoms. The van der Waals surface area contributed by atoms with Gasteiger partial charge in [0.1, 0.15) is 5.01 Å². The summed E-state index contributed by atoms with van der Waals surface area (Å²) in [6.45, 7) is 16.3. The summed E-state index contributed by atoms with van der Waals surface area (Å²) >= 11 is 1.78. The van der Waals surface area contributed by atoms with E-state index in [1.165, 1.54) is 104 Å². The Bertz CT molecular complexity index is 3640. The summed E-state index contributed by atoms with van der Waals surface area (Å²) in [7, 11) is 2.45. The molecule has 8 aromatic carbocycles. The van der Waals surface area contributed by atoms with Crippen molar-refractivity contribution >= 4 is 72.9 Å². The van der Waals surface area contributed by atoms with Gasteiger partial charge in [0.25, 0.3) is 0 Å². The first kappa shape index (κ1) is 37.8. The van der Waals surface area contributed by atoms with Crippen LogP contribution in [0, 0.1) is 0 Å². The van der Waals surface area contributed by atoms with Crippen LogP contribution < -0.4 is 16.2 Å². The van der Waals surface area contributed by atoms with Gasteiger partial charge in [0.2, 0.25) is 0 Å². The molecule has 1 N–H and O–H groups in total. The van der Waals surface area contributed by atoms with Crippen molar-refractivity contribution in [1.82, 2.24) is 9.55 Å². The van der Waals surface area contributed by atoms with Crippen LogP contribution in [0.4, 0.5) is 11.4 Å². The van der Waals surface area contributed by atoms with Crippen molar-refractivity contribution in [2.45, 2.75) is 64.7 Å². The molecule has 0 saturated carbocycles. The fourth-order valence-corrected chi connectivity index (χ4v) is 12.4. The van der Waals surface area contributed by atoms with E-state index in [1.54, 1.807) is 11.3 Å². The van der Waals surface area contributed by atoms with Gasteiger partial charge < -0.3 is 9.88 Å². The summed E-state index contributed by atoms with van der Waals surface area (Å²) in [5, 5.41) is 7.59. The highest BCUT2D eigenvalue weighted by atomic mass is 32.1. The molecule has 64 heavy (non-hydrogen) atoms. The summed E-state index contributed by atoms with van der Waals surface area (Å²) in [6, 6.07) is 57.1. The normalized spacial score (nSPS) is 14.9. The molecule has 0 spiro atoms. The first-order valence-electron chi connectivity index (χ1n) is 22.6. The standard InChI is InChI=1S/C59H47BN3S/c1-57(2,3)34-21-23-35(24-22-34)61-49-29-46-40(36-17-11-13-19-44(36)58(46,4)5)27-42(49)38-25-26-39-43-28-41-37-18-12-14-20-45(37)59(6,7)47(41)30-51(43)63-52-32-53-50(31-48(52)60-54(38)55(39)63)62-56(64-53)33-15-9-8-10-16-33/h8-32,61H,1-7H3. The first-order chi connectivity index (χ1) is 30.8. The minimum atomic E-state index is -0.142. The lowest BCUT2D eigenvalue weighted by Gasteiger charge is -2.26. The van der Waals surface area contributed by atoms with Gasteiger partial charge in [0.15, 0.2) is 7.28 Å². The minimum absolute atomic E-state index is 0.0717. The van der Waals surface area contributed by atoms with Crippen LogP contribution in [-0.4, -0.2) is 16.8 Å². The third-order valence-corrected chi connectivity index (χ3v) is 15.9. The van der Waals surface area contributed by atoms with E-state index in [-0.39, 0.29) is 16.2 Å². The van der Waals surface area contributed by atoms with Gasteiger partial charge in [-0.1, -0.05) is 157 Å². The molecule has 0 fully saturated rings. The molecule has 1 aliphatic heterocycles. The Labute approximate surface area is 379 Å². The van der Waals surface area contributed by atoms with Gasteiger partial charge in [-0.3, -0.25) is 0 Å². The van der Waals surface area contributed by atoms with Crippen molar-refractivity contribution in [2.75, 3.05) is 5.32 Å². The quantitative estimate of drug-likeness (QED) is 0.179. The van der Waals surface area contributed by atoms with Gasteiger partial charge >= 0.3 is 0 Å². The van der Waals surface area contributed by atoms with Crippen LogP contribution in [0.3, 0.4) is 0 Å². The van der Waals surface area contributed by atoms with E-state index in [2.05, 4.69) is 217 Å². The zero-order valence-corrected chi connectivity index (χ0v) is 38.1. The van der Waals surface area contributed by atoms with Crippen LogP contribution in [0.15, 0.2) is 152 Å². The van der Waals surface area contributed by atoms with E-state index in [0.717, 1.165) is 27.5 Å². The zero-order valence-electron chi connectivity index (χ0n) is 37.3. The molecule has 3 heterocycles. The molecule has 2 aliphatic carbocycles. The smallest absolute Gasteiger partial charge is 0.198 e. The number of aromatic nitrogens is 2. The molecule has 0 bridgehead atoms. The van der Waals surface area contributed by atoms with Crippen LogP contribution in [0.2, 0.25) is 0 Å². The number of hydrogen-bond acceptors (Lipinski definition) is 3. The van der Waals surface area contributed by atoms with Crippen molar-refractivity contribution in [2.24, 2.45) is 0 Å². The number of thiazole rings is 1. The predicted molar refractivity (Wildman–Crippen MR) is 273 cm³/mol. The van der Waals surface area contributed by atoms with E-state index in [0.29, 0.717) is 0 Å². The lowest BCUT2D eigenvalue weighted by atomic mass is 9.59. The van der Waals surface area contributed by atoms with E-state index in [9.17, 15) is 0 Å². The molecular formula is C59H47BN3S. The molecule has 0 saturated heterocycles. The number of nitrogens with zero attached hydrogens (tertiary/aromatic N) is 2. The summed E-state index contributed by atoms with van der Waals surface area (Å²) < 4.78 is 3.78. The second-order valence-corrected chi connectivity index (χ2v) is 21.3. The Hall–Kier alpha value is -6.69. The summed E-state index contributed by atoms with van der Waals surface area (Å²) in [5.41, 5.74) is 24.8. The average molecular weight is 841 g/mol. The predicted octanol–water partition coefficient (Wildman–Crippen LogP) is 14.3. The largest absolute Gasteiger partial charge is 0.355 e. The number of benzene rings is 8. The van der Waals surface area contributed by atoms with Crippen molar-refractivity contribution in [1.29, 1.82) is 0 Å². The second-order valence-electron chi connectivity index (χ2n) is 20.3. The zero-order chi connectivity index (χ0) is 43.4. The van der Waals surface area contributed by atoms with Gasteiger partial charge in [-0.15, -0.1) is 11.3 Å². The van der Waals surface area contributed by atoms with Crippen molar-refractivity contribution < 1.29 is 0 Å². The van der Waals surface area contributed by atoms with Crippen LogP contribution in [0.1, 0.15) is 76.3 Å². The van der Waals surface area contributed by atoms with Gasteiger partial charge in [-0.25, -0.2) is 4.98 Å². The average Bonchev–Trinajstić information content (AvgIpc) is 3.99. The number of rotatable bonds is 4. The SMILES string of the molecule is CC(C)(C)c1ccc(Nc2cc3c(cc2-c2ccc4c5cc6c(cc5n5c4c2[B]c2cc4nc(-c7ccccc7)sc4cc2-5)C(C)(C)c2ccccc2-6)-c2ccccc2C3(C)C)cc1. The maximum Gasteiger partial charge on any atom is 0.198 e. The van der Waals surface area contributed by atoms with E-state index in [1.807, 2.05) is 0 Å². The summed E-state index contributed by atoms with van der Waals surface area (Å²) in [6.07, 6.45) is 0. The Balaban J connectivity index is 1.09. The van der Waals surface area contributed by atoms with Gasteiger partial charge in [-0.05, 0) is 115 Å². The van der Waals surface area contributed by atoms with Gasteiger partial charge in [0, 0.05) is 55.3 Å². The Morgan fingerprint density at radius 1 is 0.578 bits per heavy atom. The highest BCUT2D eigenvalue weighted by Crippen LogP contribution is 2.54. The number of nitrogens with one attached hydrogen (secondary N) is 1. The third-order valence-electron chi connectivity index (χ3n) is 14.8. The molecule has 2 aromatic heterocycles. The molecule has 0 amide bonds. The Kier molecular flexibility index (Phi) is 7.66. The molecule has 0 unspecified atom stereocenters. The second kappa shape index (κ2) is 13.0. The van der Waals surface area contributed by atoms with E-state index in [4.69, 9.17) is 4.98 Å². The maximum absolute atomic E-state index is 5.25. The molecule has 13 rings (SSSR count). The minimum Gasteiger partial charge on any atom is -0.355 e. The number of anilines is 2. The van der Waals surface area contributed by atoms with Crippen LogP contribution in [-0.2, 0) is 16.2 Å². The molecular weight excluding hydrogens is 794 g/mol. The van der Waals surface area contributed by atoms with Crippen molar-refractivity contribution in [3.05, 3.63) is 179 Å². The monoisotopic (exact) mass is 840 g/mol. The van der Waals surface area contributed by atoms with Gasteiger partial charge in [0.05, 0.1) is 15.7 Å². The third kappa shape index (κ3) is 5.25. The lowest BCUT2D eigenvalue weighted by molar-refractivity contribution is 0.590. The fourth-order valence-electron chi connectivity index (χ4n) is 11.4. The maximum atomic E-state index is 5.25. The lowest BCUT2D eigenvalue weighted by Crippen LogP contribution is -2.37. The van der Waals surface area contributed by atoms with Crippen molar-refractivity contribution in [3.63, 3.8) is 0 Å². The molecule has 0 atom stereocenters. The highest BCUT2D eigenvalue weighted by Gasteiger charge is 2.39. The van der Waals surface area contributed by atoms with Crippen LogP contribution >= 0.6 is 11.3 Å². The highest BCUT2D eigenvalue weighted by molar-refractivity contribution is 7.21. The molecule has 3 nitrogen and oxygen atoms in total. The molecule has 307 valence electrons. The summed E-state index contributed by atoms with van der Waals surface area (Å²) in [5.74, 6) is 0. The van der Waals surface area contributed by atoms with Crippen molar-refractivity contribution in [3.8, 4) is 49.6 Å². The fraction of sp³-hybridized carbons (Fsp3) is 0.169. The molecule has 10 aromatic rings. The number of fused-ring (bicyclic) bond motifs is 12. The van der Waals surface area contributed by atoms with E-state index < -0.39 is 0 Å². The summed E-state index contributed by atoms with van der Waals surface area (Å²) in [4.78, 5) is 5.25. The first-order valence-corrected chi connectivity index (χ1v) is 23.4. The van der Waals surface area contributed by atoms with E-state index >= 15 is 0 Å². The van der Waals surface area contributed by atoms with Crippen LogP contribution in [0.5, 0.6) is 0 Å². The Morgan fingerprint density at radius 3 is 1.94 bits per heavy atom. The topological polar surface area (TPSA) is 29.9 Å². The Morgan fingerprint density at radius 2 is 1.23 bits per heavy atom.